The Balaban J connectivity index is 1.45. The van der Waals surface area contributed by atoms with E-state index in [0.717, 1.165) is 0 Å². The van der Waals surface area contributed by atoms with E-state index in [-0.39, 0.29) is 18.9 Å². The monoisotopic (exact) mass is 385 g/mol. The van der Waals surface area contributed by atoms with E-state index in [9.17, 15) is 14.7 Å². The molecular weight excluding hydrogens is 366 g/mol. The summed E-state index contributed by atoms with van der Waals surface area (Å²) in [6.07, 6.45) is 0.548. The molecule has 0 fully saturated rings. The van der Waals surface area contributed by atoms with E-state index >= 15 is 0 Å². The molecule has 1 atom stereocenters. The molecule has 0 radical (unpaired) electrons. The van der Waals surface area contributed by atoms with Crippen LogP contribution in [0.3, 0.4) is 0 Å². The van der Waals surface area contributed by atoms with Gasteiger partial charge in [-0.2, -0.15) is 5.10 Å². The number of phenols is 1. The second-order valence-electron chi connectivity index (χ2n) is 5.81. The van der Waals surface area contributed by atoms with Gasteiger partial charge in [-0.25, -0.2) is 5.43 Å². The van der Waals surface area contributed by atoms with Gasteiger partial charge in [0.2, 0.25) is 6.10 Å². The predicted octanol–water partition coefficient (Wildman–Crippen LogP) is 0.807. The van der Waals surface area contributed by atoms with E-state index in [2.05, 4.69) is 15.8 Å². The van der Waals surface area contributed by atoms with Crippen molar-refractivity contribution in [2.45, 2.75) is 6.10 Å². The summed E-state index contributed by atoms with van der Waals surface area (Å²) in [5.74, 6) is 0.378. The number of phenolic OH excluding ortho intramolecular Hbond substituents is 1. The van der Waals surface area contributed by atoms with Gasteiger partial charge in [0.1, 0.15) is 6.61 Å². The molecule has 2 amide bonds. The van der Waals surface area contributed by atoms with Crippen LogP contribution < -0.4 is 25.0 Å². The fraction of sp³-hybridized carbons (Fsp3) is 0.211. The minimum atomic E-state index is -0.837. The van der Waals surface area contributed by atoms with Crippen LogP contribution in [0.5, 0.6) is 23.0 Å². The number of hydrazone groups is 1. The zero-order chi connectivity index (χ0) is 19.9. The molecule has 0 aromatic heterocycles. The Morgan fingerprint density at radius 2 is 2.07 bits per heavy atom. The Kier molecular flexibility index (Phi) is 5.95. The molecule has 0 unspecified atom stereocenters. The summed E-state index contributed by atoms with van der Waals surface area (Å²) in [6.45, 7) is -0.206. The van der Waals surface area contributed by atoms with E-state index in [1.165, 1.54) is 19.4 Å². The van der Waals surface area contributed by atoms with Crippen molar-refractivity contribution in [1.82, 2.24) is 10.7 Å². The third-order valence-electron chi connectivity index (χ3n) is 3.83. The van der Waals surface area contributed by atoms with Gasteiger partial charge in [0.05, 0.1) is 19.9 Å². The van der Waals surface area contributed by atoms with Crippen molar-refractivity contribution in [3.63, 3.8) is 0 Å². The fourth-order valence-electron chi connectivity index (χ4n) is 2.42. The summed E-state index contributed by atoms with van der Waals surface area (Å²) in [7, 11) is 1.43. The second kappa shape index (κ2) is 8.76. The number of nitrogens with one attached hydrogen (secondary N) is 2. The van der Waals surface area contributed by atoms with Crippen LogP contribution >= 0.6 is 0 Å². The van der Waals surface area contributed by atoms with Gasteiger partial charge in [-0.05, 0) is 35.9 Å². The first kappa shape index (κ1) is 19.0. The van der Waals surface area contributed by atoms with Crippen LogP contribution in [0, 0.1) is 0 Å². The average molecular weight is 385 g/mol. The van der Waals surface area contributed by atoms with E-state index in [1.807, 2.05) is 6.07 Å². The summed E-state index contributed by atoms with van der Waals surface area (Å²) in [6, 6.07) is 11.7. The predicted molar refractivity (Wildman–Crippen MR) is 99.8 cm³/mol. The first-order chi connectivity index (χ1) is 13.6. The maximum absolute atomic E-state index is 12.1. The van der Waals surface area contributed by atoms with Gasteiger partial charge in [-0.1, -0.05) is 12.1 Å². The maximum atomic E-state index is 12.1. The van der Waals surface area contributed by atoms with Gasteiger partial charge in [-0.15, -0.1) is 0 Å². The summed E-state index contributed by atoms with van der Waals surface area (Å²) in [5, 5.41) is 15.8. The third kappa shape index (κ3) is 4.70. The topological polar surface area (TPSA) is 118 Å². The van der Waals surface area contributed by atoms with Gasteiger partial charge >= 0.3 is 0 Å². The van der Waals surface area contributed by atoms with Gasteiger partial charge in [-0.3, -0.25) is 9.59 Å². The Morgan fingerprint density at radius 3 is 2.86 bits per heavy atom. The van der Waals surface area contributed by atoms with Crippen LogP contribution in [0.15, 0.2) is 47.6 Å². The number of para-hydroxylation sites is 2. The van der Waals surface area contributed by atoms with Crippen LogP contribution in [0.2, 0.25) is 0 Å². The zero-order valence-electron chi connectivity index (χ0n) is 15.0. The molecule has 28 heavy (non-hydrogen) atoms. The number of ether oxygens (including phenoxy) is 3. The molecule has 0 bridgehead atoms. The van der Waals surface area contributed by atoms with Crippen molar-refractivity contribution in [2.24, 2.45) is 5.10 Å². The fourth-order valence-corrected chi connectivity index (χ4v) is 2.42. The molecule has 3 rings (SSSR count). The van der Waals surface area contributed by atoms with Crippen LogP contribution in [0.4, 0.5) is 0 Å². The lowest BCUT2D eigenvalue weighted by Gasteiger charge is -2.25. The number of carbonyl (C=O) groups excluding carboxylic acids is 2. The SMILES string of the molecule is COc1cc(/C=N\NC(=O)CNC(=O)[C@@H]2COc3ccccc3O2)ccc1O. The number of fused-ring (bicyclic) bond motifs is 1. The quantitative estimate of drug-likeness (QED) is 0.500. The number of nitrogens with zero attached hydrogens (tertiary/aromatic N) is 1. The molecule has 0 saturated heterocycles. The highest BCUT2D eigenvalue weighted by atomic mass is 16.6. The van der Waals surface area contributed by atoms with E-state index < -0.39 is 17.9 Å². The highest BCUT2D eigenvalue weighted by Crippen LogP contribution is 2.30. The molecular formula is C19H19N3O6. The van der Waals surface area contributed by atoms with Gasteiger partial charge in [0, 0.05) is 0 Å². The third-order valence-corrected chi connectivity index (χ3v) is 3.83. The molecule has 2 aromatic rings. The molecule has 2 aromatic carbocycles. The molecule has 1 aliphatic heterocycles. The van der Waals surface area contributed by atoms with Crippen molar-refractivity contribution >= 4 is 18.0 Å². The molecule has 3 N–H and O–H groups in total. The Labute approximate surface area is 160 Å². The van der Waals surface area contributed by atoms with E-state index in [0.29, 0.717) is 22.8 Å². The number of hydrogen-bond acceptors (Lipinski definition) is 7. The maximum Gasteiger partial charge on any atom is 0.265 e. The van der Waals surface area contributed by atoms with Gasteiger partial charge in [0.15, 0.2) is 23.0 Å². The number of aromatic hydroxyl groups is 1. The van der Waals surface area contributed by atoms with Crippen molar-refractivity contribution in [3.8, 4) is 23.0 Å². The number of hydrogen-bond donors (Lipinski definition) is 3. The van der Waals surface area contributed by atoms with Crippen LogP contribution in [0.1, 0.15) is 5.56 Å². The Hall–Kier alpha value is -3.75. The molecule has 0 spiro atoms. The molecule has 9 heteroatoms. The molecule has 146 valence electrons. The standard InChI is InChI=1S/C19H19N3O6/c1-26-16-8-12(6-7-13(16)23)9-21-22-18(24)10-20-19(25)17-11-27-14-4-2-3-5-15(14)28-17/h2-9,17,23H,10-11H2,1H3,(H,20,25)(H,22,24)/b21-9-/t17-/m0/s1. The lowest BCUT2D eigenvalue weighted by Crippen LogP contribution is -2.46. The number of carbonyl (C=O) groups is 2. The van der Waals surface area contributed by atoms with Gasteiger partial charge in [0.25, 0.3) is 11.8 Å². The van der Waals surface area contributed by atoms with Crippen LogP contribution in [0.25, 0.3) is 0 Å². The smallest absolute Gasteiger partial charge is 0.265 e. The summed E-state index contributed by atoms with van der Waals surface area (Å²) >= 11 is 0. The Morgan fingerprint density at radius 1 is 1.29 bits per heavy atom. The second-order valence-corrected chi connectivity index (χ2v) is 5.81. The molecule has 1 aliphatic rings. The largest absolute Gasteiger partial charge is 0.504 e. The minimum absolute atomic E-state index is 0.00272. The number of rotatable bonds is 6. The highest BCUT2D eigenvalue weighted by Gasteiger charge is 2.27. The molecule has 1 heterocycles. The van der Waals surface area contributed by atoms with Crippen molar-refractivity contribution in [3.05, 3.63) is 48.0 Å². The Bertz CT molecular complexity index is 899. The van der Waals surface area contributed by atoms with Crippen molar-refractivity contribution < 1.29 is 28.9 Å². The molecule has 0 saturated carbocycles. The zero-order valence-corrected chi connectivity index (χ0v) is 15.0. The summed E-state index contributed by atoms with van der Waals surface area (Å²) in [5.41, 5.74) is 2.91. The van der Waals surface area contributed by atoms with E-state index in [4.69, 9.17) is 14.2 Å². The van der Waals surface area contributed by atoms with Gasteiger partial charge < -0.3 is 24.6 Å². The lowest BCUT2D eigenvalue weighted by molar-refractivity contribution is -0.132. The lowest BCUT2D eigenvalue weighted by atomic mass is 10.2. The summed E-state index contributed by atoms with van der Waals surface area (Å²) < 4.78 is 16.0. The molecule has 0 aliphatic carbocycles. The van der Waals surface area contributed by atoms with E-state index in [1.54, 1.807) is 30.3 Å². The normalized spacial score (nSPS) is 15.1. The van der Waals surface area contributed by atoms with Crippen molar-refractivity contribution in [1.29, 1.82) is 0 Å². The average Bonchev–Trinajstić information content (AvgIpc) is 2.72. The first-order valence-electron chi connectivity index (χ1n) is 8.42. The molecule has 9 nitrogen and oxygen atoms in total. The number of methoxy groups -OCH3 is 1. The minimum Gasteiger partial charge on any atom is -0.504 e. The number of amides is 2. The number of benzene rings is 2. The van der Waals surface area contributed by atoms with Crippen molar-refractivity contribution in [2.75, 3.05) is 20.3 Å². The summed E-state index contributed by atoms with van der Waals surface area (Å²) in [4.78, 5) is 24.0. The highest BCUT2D eigenvalue weighted by molar-refractivity contribution is 5.88. The first-order valence-corrected chi connectivity index (χ1v) is 8.42. The van der Waals surface area contributed by atoms with Crippen LogP contribution in [-0.4, -0.2) is 49.5 Å². The van der Waals surface area contributed by atoms with Crippen LogP contribution in [-0.2, 0) is 9.59 Å².